The summed E-state index contributed by atoms with van der Waals surface area (Å²) in [5, 5.41) is 8.95. The average Bonchev–Trinajstić information content (AvgIpc) is 2.63. The van der Waals surface area contributed by atoms with Crippen molar-refractivity contribution in [2.45, 2.75) is 13.0 Å². The third-order valence-electron chi connectivity index (χ3n) is 2.67. The molecule has 0 aliphatic carbocycles. The second kappa shape index (κ2) is 3.79. The summed E-state index contributed by atoms with van der Waals surface area (Å²) in [4.78, 5) is 15.3. The number of fused-ring (bicyclic) bond motifs is 1. The molecule has 2 rings (SSSR count). The van der Waals surface area contributed by atoms with E-state index in [0.717, 1.165) is 0 Å². The molecular weight excluding hydrogens is 218 g/mol. The van der Waals surface area contributed by atoms with E-state index in [0.29, 0.717) is 16.6 Å². The minimum atomic E-state index is -0.603. The molecule has 17 heavy (non-hydrogen) atoms. The minimum absolute atomic E-state index is 0.175. The maximum Gasteiger partial charge on any atom is 0.240 e. The lowest BCUT2D eigenvalue weighted by atomic mass is 10.2. The molecule has 6 nitrogen and oxygen atoms in total. The van der Waals surface area contributed by atoms with Crippen molar-refractivity contribution < 1.29 is 4.79 Å². The lowest BCUT2D eigenvalue weighted by Crippen LogP contribution is -2.24. The highest BCUT2D eigenvalue weighted by Gasteiger charge is 2.19. The molecule has 0 spiro atoms. The molecule has 0 saturated heterocycles. The number of nitrogens with zero attached hydrogens (tertiary/aromatic N) is 3. The Morgan fingerprint density at radius 2 is 2.29 bits per heavy atom. The number of benzene rings is 1. The Labute approximate surface area is 97.4 Å². The second-order valence-corrected chi connectivity index (χ2v) is 3.70. The smallest absolute Gasteiger partial charge is 0.240 e. The number of primary amides is 1. The molecule has 1 unspecified atom stereocenters. The number of nitriles is 1. The van der Waals surface area contributed by atoms with Crippen LogP contribution in [0.4, 0.5) is 5.95 Å². The van der Waals surface area contributed by atoms with E-state index >= 15 is 0 Å². The number of aromatic nitrogens is 2. The number of nitrogen functional groups attached to an aromatic ring is 1. The van der Waals surface area contributed by atoms with Crippen LogP contribution in [0.2, 0.25) is 0 Å². The first kappa shape index (κ1) is 11.0. The Hall–Kier alpha value is -2.55. The van der Waals surface area contributed by atoms with Gasteiger partial charge < -0.3 is 11.5 Å². The van der Waals surface area contributed by atoms with Crippen LogP contribution in [0.15, 0.2) is 18.2 Å². The van der Waals surface area contributed by atoms with Gasteiger partial charge in [0.2, 0.25) is 11.9 Å². The zero-order valence-corrected chi connectivity index (χ0v) is 9.21. The monoisotopic (exact) mass is 229 g/mol. The Kier molecular flexibility index (Phi) is 2.44. The number of carbonyl (C=O) groups is 1. The molecule has 0 aliphatic heterocycles. The van der Waals surface area contributed by atoms with Crippen LogP contribution < -0.4 is 11.5 Å². The molecule has 0 saturated carbocycles. The van der Waals surface area contributed by atoms with Gasteiger partial charge in [-0.15, -0.1) is 0 Å². The highest BCUT2D eigenvalue weighted by molar-refractivity contribution is 5.87. The molecule has 1 heterocycles. The zero-order chi connectivity index (χ0) is 12.6. The number of para-hydroxylation sites is 1. The van der Waals surface area contributed by atoms with Gasteiger partial charge in [-0.25, -0.2) is 4.98 Å². The minimum Gasteiger partial charge on any atom is -0.369 e. The summed E-state index contributed by atoms with van der Waals surface area (Å²) in [6, 6.07) is 6.54. The van der Waals surface area contributed by atoms with E-state index in [-0.39, 0.29) is 5.95 Å². The first-order valence-electron chi connectivity index (χ1n) is 5.02. The molecule has 1 amide bonds. The third-order valence-corrected chi connectivity index (χ3v) is 2.67. The number of nitrogens with two attached hydrogens (primary N) is 2. The Morgan fingerprint density at radius 1 is 1.59 bits per heavy atom. The van der Waals surface area contributed by atoms with Gasteiger partial charge in [-0.1, -0.05) is 6.07 Å². The predicted octanol–water partition coefficient (Wildman–Crippen LogP) is 0.536. The maximum absolute atomic E-state index is 11.2. The lowest BCUT2D eigenvalue weighted by molar-refractivity contribution is -0.120. The van der Waals surface area contributed by atoms with Crippen molar-refractivity contribution in [3.05, 3.63) is 23.8 Å². The van der Waals surface area contributed by atoms with Crippen molar-refractivity contribution in [3.8, 4) is 6.07 Å². The normalized spacial score (nSPS) is 12.2. The van der Waals surface area contributed by atoms with Crippen LogP contribution in [-0.2, 0) is 4.79 Å². The number of imidazole rings is 1. The van der Waals surface area contributed by atoms with Crippen molar-refractivity contribution >= 4 is 22.9 Å². The van der Waals surface area contributed by atoms with Crippen molar-refractivity contribution in [1.82, 2.24) is 9.55 Å². The van der Waals surface area contributed by atoms with Crippen LogP contribution in [0.3, 0.4) is 0 Å². The molecule has 2 aromatic rings. The molecule has 1 atom stereocenters. The third kappa shape index (κ3) is 1.58. The quantitative estimate of drug-likeness (QED) is 0.782. The van der Waals surface area contributed by atoms with Gasteiger partial charge in [0.15, 0.2) is 0 Å². The van der Waals surface area contributed by atoms with Crippen molar-refractivity contribution in [2.75, 3.05) is 5.73 Å². The van der Waals surface area contributed by atoms with E-state index in [1.54, 1.807) is 25.1 Å². The van der Waals surface area contributed by atoms with E-state index in [2.05, 4.69) is 4.98 Å². The number of amides is 1. The number of carbonyl (C=O) groups excluding carboxylic acids is 1. The van der Waals surface area contributed by atoms with Crippen LogP contribution >= 0.6 is 0 Å². The molecule has 86 valence electrons. The van der Waals surface area contributed by atoms with Crippen LogP contribution in [-0.4, -0.2) is 15.5 Å². The van der Waals surface area contributed by atoms with Gasteiger partial charge in [0, 0.05) is 0 Å². The molecule has 1 aromatic carbocycles. The van der Waals surface area contributed by atoms with Gasteiger partial charge in [0.1, 0.15) is 17.6 Å². The van der Waals surface area contributed by atoms with Crippen molar-refractivity contribution in [3.63, 3.8) is 0 Å². The largest absolute Gasteiger partial charge is 0.369 e. The van der Waals surface area contributed by atoms with E-state index in [1.165, 1.54) is 4.57 Å². The van der Waals surface area contributed by atoms with Gasteiger partial charge in [0.25, 0.3) is 0 Å². The molecule has 1 aromatic heterocycles. The Bertz CT molecular complexity index is 637. The average molecular weight is 229 g/mol. The molecule has 0 bridgehead atoms. The number of anilines is 1. The molecule has 4 N–H and O–H groups in total. The van der Waals surface area contributed by atoms with Crippen LogP contribution in [0.5, 0.6) is 0 Å². The molecular formula is C11H11N5O. The highest BCUT2D eigenvalue weighted by Crippen LogP contribution is 2.24. The number of hydrogen-bond donors (Lipinski definition) is 2. The topological polar surface area (TPSA) is 111 Å². The molecule has 6 heteroatoms. The Morgan fingerprint density at radius 3 is 2.88 bits per heavy atom. The molecule has 0 fully saturated rings. The lowest BCUT2D eigenvalue weighted by Gasteiger charge is -2.11. The maximum atomic E-state index is 11.2. The van der Waals surface area contributed by atoms with Crippen molar-refractivity contribution in [2.24, 2.45) is 5.73 Å². The fraction of sp³-hybridized carbons (Fsp3) is 0.182. The van der Waals surface area contributed by atoms with Crippen LogP contribution in [0, 0.1) is 11.3 Å². The van der Waals surface area contributed by atoms with E-state index in [4.69, 9.17) is 16.7 Å². The van der Waals surface area contributed by atoms with E-state index in [1.807, 2.05) is 6.07 Å². The van der Waals surface area contributed by atoms with Gasteiger partial charge >= 0.3 is 0 Å². The van der Waals surface area contributed by atoms with Gasteiger partial charge in [-0.2, -0.15) is 5.26 Å². The molecule has 0 radical (unpaired) electrons. The second-order valence-electron chi connectivity index (χ2n) is 3.70. The summed E-state index contributed by atoms with van der Waals surface area (Å²) in [7, 11) is 0. The summed E-state index contributed by atoms with van der Waals surface area (Å²) in [5.74, 6) is -0.327. The van der Waals surface area contributed by atoms with Crippen LogP contribution in [0.25, 0.3) is 11.0 Å². The summed E-state index contributed by atoms with van der Waals surface area (Å²) in [6.45, 7) is 1.64. The molecule has 0 aliphatic rings. The summed E-state index contributed by atoms with van der Waals surface area (Å²) in [5.41, 5.74) is 12.5. The summed E-state index contributed by atoms with van der Waals surface area (Å²) >= 11 is 0. The standard InChI is InChI=1S/C11H11N5O/c1-6(10(13)17)16-8-4-2-3-7(5-12)9(8)15-11(16)14/h2-4,6H,1H3,(H2,13,17)(H2,14,15). The first-order valence-corrected chi connectivity index (χ1v) is 5.02. The summed E-state index contributed by atoms with van der Waals surface area (Å²) < 4.78 is 1.53. The fourth-order valence-corrected chi connectivity index (χ4v) is 1.76. The van der Waals surface area contributed by atoms with E-state index < -0.39 is 11.9 Å². The van der Waals surface area contributed by atoms with Gasteiger partial charge in [-0.3, -0.25) is 9.36 Å². The Balaban J connectivity index is 2.78. The fourth-order valence-electron chi connectivity index (χ4n) is 1.76. The van der Waals surface area contributed by atoms with Gasteiger partial charge in [0.05, 0.1) is 11.1 Å². The predicted molar refractivity (Wildman–Crippen MR) is 62.8 cm³/mol. The van der Waals surface area contributed by atoms with Crippen molar-refractivity contribution in [1.29, 1.82) is 5.26 Å². The zero-order valence-electron chi connectivity index (χ0n) is 9.21. The summed E-state index contributed by atoms with van der Waals surface area (Å²) in [6.07, 6.45) is 0. The van der Waals surface area contributed by atoms with Gasteiger partial charge in [-0.05, 0) is 19.1 Å². The highest BCUT2D eigenvalue weighted by atomic mass is 16.1. The van der Waals surface area contributed by atoms with E-state index in [9.17, 15) is 4.79 Å². The number of rotatable bonds is 2. The number of hydrogen-bond acceptors (Lipinski definition) is 4. The SMILES string of the molecule is CC(C(N)=O)n1c(N)nc2c(C#N)cccc21. The van der Waals surface area contributed by atoms with Crippen LogP contribution in [0.1, 0.15) is 18.5 Å². The first-order chi connectivity index (χ1) is 8.06.